The lowest BCUT2D eigenvalue weighted by Crippen LogP contribution is -2.41. The first kappa shape index (κ1) is 14.4. The minimum atomic E-state index is -0.508. The number of methoxy groups -OCH3 is 1. The van der Waals surface area contributed by atoms with Crippen LogP contribution < -0.4 is 5.32 Å². The van der Waals surface area contributed by atoms with E-state index in [1.807, 2.05) is 13.8 Å². The zero-order valence-corrected chi connectivity index (χ0v) is 10.7. The number of halogens is 1. The van der Waals surface area contributed by atoms with Gasteiger partial charge in [-0.1, -0.05) is 13.8 Å². The van der Waals surface area contributed by atoms with Gasteiger partial charge in [0.2, 0.25) is 0 Å². The van der Waals surface area contributed by atoms with Crippen LogP contribution in [0, 0.1) is 11.7 Å². The molecule has 0 bridgehead atoms. The first-order valence-corrected chi connectivity index (χ1v) is 5.73. The lowest BCUT2D eigenvalue weighted by molar-refractivity contribution is -0.144. The highest BCUT2D eigenvalue weighted by Crippen LogP contribution is 2.15. The van der Waals surface area contributed by atoms with Gasteiger partial charge in [0.05, 0.1) is 7.11 Å². The number of nitrogens with one attached hydrogen (secondary N) is 1. The summed E-state index contributed by atoms with van der Waals surface area (Å²) in [4.78, 5) is 11.5. The van der Waals surface area contributed by atoms with E-state index in [0.29, 0.717) is 5.56 Å². The molecule has 1 aromatic carbocycles. The summed E-state index contributed by atoms with van der Waals surface area (Å²) in [6.45, 7) is 4.05. The third-order valence-corrected chi connectivity index (χ3v) is 2.59. The maximum atomic E-state index is 13.1. The highest BCUT2D eigenvalue weighted by Gasteiger charge is 2.22. The largest absolute Gasteiger partial charge is 0.508 e. The van der Waals surface area contributed by atoms with Crippen molar-refractivity contribution in [2.75, 3.05) is 7.11 Å². The fourth-order valence-electron chi connectivity index (χ4n) is 1.68. The summed E-state index contributed by atoms with van der Waals surface area (Å²) < 4.78 is 17.7. The molecule has 1 aromatic rings. The minimum absolute atomic E-state index is 0.0552. The first-order chi connectivity index (χ1) is 8.43. The Hall–Kier alpha value is -1.62. The lowest BCUT2D eigenvalue weighted by atomic mass is 10.0. The van der Waals surface area contributed by atoms with Crippen molar-refractivity contribution in [3.05, 3.63) is 29.6 Å². The quantitative estimate of drug-likeness (QED) is 0.788. The SMILES string of the molecule is COC(=O)C(NCc1cc(O)cc(F)c1)C(C)C. The predicted molar refractivity (Wildman–Crippen MR) is 65.5 cm³/mol. The zero-order chi connectivity index (χ0) is 13.7. The van der Waals surface area contributed by atoms with E-state index >= 15 is 0 Å². The van der Waals surface area contributed by atoms with Crippen molar-refractivity contribution in [1.29, 1.82) is 0 Å². The summed E-state index contributed by atoms with van der Waals surface area (Å²) in [6.07, 6.45) is 0. The van der Waals surface area contributed by atoms with E-state index in [-0.39, 0.29) is 24.2 Å². The van der Waals surface area contributed by atoms with Crippen molar-refractivity contribution < 1.29 is 19.0 Å². The Bertz CT molecular complexity index is 400. The molecule has 0 aliphatic carbocycles. The molecule has 18 heavy (non-hydrogen) atoms. The number of carbonyl (C=O) groups is 1. The number of benzene rings is 1. The third-order valence-electron chi connectivity index (χ3n) is 2.59. The normalized spacial score (nSPS) is 12.5. The molecule has 0 aliphatic heterocycles. The summed E-state index contributed by atoms with van der Waals surface area (Å²) in [5.74, 6) is -0.942. The second-order valence-corrected chi connectivity index (χ2v) is 4.44. The Morgan fingerprint density at radius 2 is 2.11 bits per heavy atom. The van der Waals surface area contributed by atoms with Crippen LogP contribution in [-0.4, -0.2) is 24.2 Å². The van der Waals surface area contributed by atoms with Crippen molar-refractivity contribution in [2.45, 2.75) is 26.4 Å². The lowest BCUT2D eigenvalue weighted by Gasteiger charge is -2.19. The van der Waals surface area contributed by atoms with Gasteiger partial charge in [0, 0.05) is 12.6 Å². The maximum Gasteiger partial charge on any atom is 0.323 e. The molecule has 0 radical (unpaired) electrons. The molecule has 5 heteroatoms. The van der Waals surface area contributed by atoms with Crippen LogP contribution in [0.25, 0.3) is 0 Å². The molecule has 0 heterocycles. The highest BCUT2D eigenvalue weighted by molar-refractivity contribution is 5.75. The Labute approximate surface area is 106 Å². The van der Waals surface area contributed by atoms with Crippen LogP contribution in [0.4, 0.5) is 4.39 Å². The number of aromatic hydroxyl groups is 1. The Morgan fingerprint density at radius 3 is 2.61 bits per heavy atom. The second kappa shape index (κ2) is 6.35. The molecule has 0 fully saturated rings. The Balaban J connectivity index is 2.69. The van der Waals surface area contributed by atoms with Gasteiger partial charge in [-0.05, 0) is 23.6 Å². The van der Waals surface area contributed by atoms with Crippen LogP contribution in [0.3, 0.4) is 0 Å². The molecule has 0 saturated heterocycles. The van der Waals surface area contributed by atoms with Crippen molar-refractivity contribution in [1.82, 2.24) is 5.32 Å². The van der Waals surface area contributed by atoms with E-state index in [1.54, 1.807) is 0 Å². The molecule has 0 spiro atoms. The molecular formula is C13H18FNO3. The third kappa shape index (κ3) is 4.00. The van der Waals surface area contributed by atoms with E-state index in [9.17, 15) is 14.3 Å². The number of hydrogen-bond donors (Lipinski definition) is 2. The van der Waals surface area contributed by atoms with E-state index in [1.165, 1.54) is 19.2 Å². The van der Waals surface area contributed by atoms with Gasteiger partial charge >= 0.3 is 5.97 Å². The van der Waals surface area contributed by atoms with Crippen molar-refractivity contribution >= 4 is 5.97 Å². The van der Waals surface area contributed by atoms with Gasteiger partial charge < -0.3 is 15.2 Å². The smallest absolute Gasteiger partial charge is 0.323 e. The van der Waals surface area contributed by atoms with Crippen LogP contribution in [-0.2, 0) is 16.1 Å². The maximum absolute atomic E-state index is 13.1. The second-order valence-electron chi connectivity index (χ2n) is 4.44. The van der Waals surface area contributed by atoms with E-state index in [4.69, 9.17) is 0 Å². The number of rotatable bonds is 5. The molecule has 0 aliphatic rings. The molecule has 2 N–H and O–H groups in total. The van der Waals surface area contributed by atoms with Gasteiger partial charge in [-0.3, -0.25) is 4.79 Å². The van der Waals surface area contributed by atoms with Crippen LogP contribution in [0.15, 0.2) is 18.2 Å². The average molecular weight is 255 g/mol. The molecule has 0 saturated carbocycles. The first-order valence-electron chi connectivity index (χ1n) is 5.73. The summed E-state index contributed by atoms with van der Waals surface area (Å²) in [6, 6.07) is 3.33. The highest BCUT2D eigenvalue weighted by atomic mass is 19.1. The average Bonchev–Trinajstić information content (AvgIpc) is 2.27. The van der Waals surface area contributed by atoms with Crippen molar-refractivity contribution in [3.63, 3.8) is 0 Å². The molecule has 0 aromatic heterocycles. The van der Waals surface area contributed by atoms with Crippen LogP contribution >= 0.6 is 0 Å². The molecule has 100 valence electrons. The topological polar surface area (TPSA) is 58.6 Å². The molecule has 1 atom stereocenters. The van der Waals surface area contributed by atoms with E-state index in [0.717, 1.165) is 6.07 Å². The van der Waals surface area contributed by atoms with Crippen molar-refractivity contribution in [3.8, 4) is 5.75 Å². The van der Waals surface area contributed by atoms with Crippen LogP contribution in [0.1, 0.15) is 19.4 Å². The van der Waals surface area contributed by atoms with Gasteiger partial charge in [-0.15, -0.1) is 0 Å². The summed E-state index contributed by atoms with van der Waals surface area (Å²) in [7, 11) is 1.33. The number of phenolic OH excluding ortho intramolecular Hbond substituents is 1. The van der Waals surface area contributed by atoms with Gasteiger partial charge in [0.25, 0.3) is 0 Å². The fraction of sp³-hybridized carbons (Fsp3) is 0.462. The van der Waals surface area contributed by atoms with Gasteiger partial charge in [-0.2, -0.15) is 0 Å². The van der Waals surface area contributed by atoms with Crippen molar-refractivity contribution in [2.24, 2.45) is 5.92 Å². The molecule has 1 rings (SSSR count). The molecule has 0 amide bonds. The minimum Gasteiger partial charge on any atom is -0.508 e. The molecule has 4 nitrogen and oxygen atoms in total. The standard InChI is InChI=1S/C13H18FNO3/c1-8(2)12(13(17)18-3)15-7-9-4-10(14)6-11(16)5-9/h4-6,8,12,15-16H,7H2,1-3H3. The van der Waals surface area contributed by atoms with Gasteiger partial charge in [0.15, 0.2) is 0 Å². The monoisotopic (exact) mass is 255 g/mol. The summed E-state index contributed by atoms with van der Waals surface area (Å²) >= 11 is 0. The van der Waals surface area contributed by atoms with E-state index < -0.39 is 11.9 Å². The summed E-state index contributed by atoms with van der Waals surface area (Å²) in [5, 5.41) is 12.3. The van der Waals surface area contributed by atoms with Gasteiger partial charge in [0.1, 0.15) is 17.6 Å². The van der Waals surface area contributed by atoms with Crippen LogP contribution in [0.5, 0.6) is 5.75 Å². The number of esters is 1. The Morgan fingerprint density at radius 1 is 1.44 bits per heavy atom. The fourth-order valence-corrected chi connectivity index (χ4v) is 1.68. The zero-order valence-electron chi connectivity index (χ0n) is 10.7. The van der Waals surface area contributed by atoms with E-state index in [2.05, 4.69) is 10.1 Å². The number of hydrogen-bond acceptors (Lipinski definition) is 4. The summed E-state index contributed by atoms with van der Waals surface area (Å²) in [5.41, 5.74) is 0.571. The number of phenols is 1. The Kier molecular flexibility index (Phi) is 5.09. The predicted octanol–water partition coefficient (Wildman–Crippen LogP) is 1.82. The van der Waals surface area contributed by atoms with Crippen LogP contribution in [0.2, 0.25) is 0 Å². The van der Waals surface area contributed by atoms with Gasteiger partial charge in [-0.25, -0.2) is 4.39 Å². The molecule has 1 unspecified atom stereocenters. The number of ether oxygens (including phenoxy) is 1. The molecular weight excluding hydrogens is 237 g/mol. The number of carbonyl (C=O) groups excluding carboxylic acids is 1.